The van der Waals surface area contributed by atoms with Gasteiger partial charge in [0.1, 0.15) is 5.01 Å². The molecule has 1 aliphatic heterocycles. The smallest absolute Gasteiger partial charge is 0.231 e. The first kappa shape index (κ1) is 15.4. The molecule has 0 spiro atoms. The molecule has 1 aliphatic carbocycles. The maximum absolute atomic E-state index is 12.3. The van der Waals surface area contributed by atoms with E-state index in [1.54, 1.807) is 0 Å². The molecule has 2 heterocycles. The summed E-state index contributed by atoms with van der Waals surface area (Å²) < 4.78 is 0. The Balaban J connectivity index is 1.57. The maximum atomic E-state index is 12.3. The number of likely N-dealkylation sites (tertiary alicyclic amines) is 1. The Morgan fingerprint density at radius 1 is 1.36 bits per heavy atom. The van der Waals surface area contributed by atoms with E-state index in [0.29, 0.717) is 24.1 Å². The van der Waals surface area contributed by atoms with E-state index in [0.717, 1.165) is 30.7 Å². The molecule has 3 rings (SSSR count). The van der Waals surface area contributed by atoms with E-state index in [-0.39, 0.29) is 17.7 Å². The van der Waals surface area contributed by atoms with Crippen molar-refractivity contribution < 1.29 is 9.59 Å². The Bertz CT molecular complexity index is 553. The van der Waals surface area contributed by atoms with Crippen molar-refractivity contribution in [3.63, 3.8) is 0 Å². The summed E-state index contributed by atoms with van der Waals surface area (Å²) >= 11 is 1.42. The zero-order valence-electron chi connectivity index (χ0n) is 12.9. The van der Waals surface area contributed by atoms with Crippen LogP contribution in [0.4, 0.5) is 5.13 Å². The van der Waals surface area contributed by atoms with Crippen LogP contribution in [-0.2, 0) is 16.0 Å². The Morgan fingerprint density at radius 2 is 2.14 bits per heavy atom. The van der Waals surface area contributed by atoms with Crippen LogP contribution in [0.2, 0.25) is 0 Å². The second-order valence-corrected chi connectivity index (χ2v) is 7.19. The van der Waals surface area contributed by atoms with Crippen LogP contribution in [0.25, 0.3) is 0 Å². The number of rotatable bonds is 5. The van der Waals surface area contributed by atoms with Crippen LogP contribution in [-0.4, -0.2) is 39.5 Å². The van der Waals surface area contributed by atoms with Gasteiger partial charge < -0.3 is 10.2 Å². The molecule has 0 bridgehead atoms. The van der Waals surface area contributed by atoms with Crippen LogP contribution >= 0.6 is 11.3 Å². The molecule has 1 saturated carbocycles. The zero-order valence-corrected chi connectivity index (χ0v) is 13.7. The van der Waals surface area contributed by atoms with Crippen molar-refractivity contribution in [3.05, 3.63) is 5.01 Å². The van der Waals surface area contributed by atoms with Crippen molar-refractivity contribution in [1.82, 2.24) is 15.1 Å². The number of carbonyl (C=O) groups excluding carboxylic acids is 2. The molecule has 1 aromatic rings. The fourth-order valence-electron chi connectivity index (χ4n) is 3.30. The number of aromatic nitrogens is 2. The molecule has 1 aromatic heterocycles. The number of hydrogen-bond acceptors (Lipinski definition) is 5. The average Bonchev–Trinajstić information content (AvgIpc) is 3.19. The molecule has 1 atom stereocenters. The number of nitrogens with one attached hydrogen (secondary N) is 1. The summed E-state index contributed by atoms with van der Waals surface area (Å²) in [6, 6.07) is 0.350. The molecule has 0 radical (unpaired) electrons. The molecule has 2 aliphatic rings. The first-order chi connectivity index (χ1) is 10.7. The molecular formula is C15H22N4O2S. The first-order valence-electron chi connectivity index (χ1n) is 8.10. The van der Waals surface area contributed by atoms with Gasteiger partial charge in [-0.25, -0.2) is 0 Å². The van der Waals surface area contributed by atoms with Crippen LogP contribution in [0.3, 0.4) is 0 Å². The fraction of sp³-hybridized carbons (Fsp3) is 0.733. The van der Waals surface area contributed by atoms with Gasteiger partial charge in [-0.3, -0.25) is 9.59 Å². The molecule has 1 N–H and O–H groups in total. The van der Waals surface area contributed by atoms with Crippen LogP contribution in [0.1, 0.15) is 50.5 Å². The molecule has 0 unspecified atom stereocenters. The third-order valence-corrected chi connectivity index (χ3v) is 5.35. The predicted molar refractivity (Wildman–Crippen MR) is 84.6 cm³/mol. The molecule has 22 heavy (non-hydrogen) atoms. The minimum Gasteiger partial charge on any atom is -0.339 e. The quantitative estimate of drug-likeness (QED) is 0.902. The fourth-order valence-corrected chi connectivity index (χ4v) is 4.15. The van der Waals surface area contributed by atoms with Gasteiger partial charge in [-0.15, -0.1) is 10.2 Å². The lowest BCUT2D eigenvalue weighted by Gasteiger charge is -2.23. The molecule has 2 fully saturated rings. The zero-order chi connectivity index (χ0) is 15.5. The van der Waals surface area contributed by atoms with Crippen LogP contribution in [0, 0.1) is 5.92 Å². The summed E-state index contributed by atoms with van der Waals surface area (Å²) in [6.07, 6.45) is 6.75. The SMILES string of the molecule is CCCc1nnc(NC(=O)[C@H]2CC(=O)N(C3CCCC3)C2)s1. The Kier molecular flexibility index (Phi) is 4.71. The van der Waals surface area contributed by atoms with E-state index in [2.05, 4.69) is 22.4 Å². The van der Waals surface area contributed by atoms with Crippen LogP contribution < -0.4 is 5.32 Å². The third-order valence-electron chi connectivity index (χ3n) is 4.46. The summed E-state index contributed by atoms with van der Waals surface area (Å²) in [4.78, 5) is 26.4. The van der Waals surface area contributed by atoms with Gasteiger partial charge in [0.2, 0.25) is 16.9 Å². The second-order valence-electron chi connectivity index (χ2n) is 6.13. The average molecular weight is 322 g/mol. The highest BCUT2D eigenvalue weighted by atomic mass is 32.1. The number of amides is 2. The molecular weight excluding hydrogens is 300 g/mol. The van der Waals surface area contributed by atoms with Gasteiger partial charge in [0.25, 0.3) is 0 Å². The predicted octanol–water partition coefficient (Wildman–Crippen LogP) is 2.22. The minimum atomic E-state index is -0.258. The van der Waals surface area contributed by atoms with Crippen molar-refractivity contribution >= 4 is 28.3 Å². The highest BCUT2D eigenvalue weighted by Gasteiger charge is 2.38. The summed E-state index contributed by atoms with van der Waals surface area (Å²) in [5.41, 5.74) is 0. The highest BCUT2D eigenvalue weighted by molar-refractivity contribution is 7.15. The van der Waals surface area contributed by atoms with E-state index >= 15 is 0 Å². The normalized spacial score (nSPS) is 22.5. The molecule has 2 amide bonds. The van der Waals surface area contributed by atoms with Crippen LogP contribution in [0.15, 0.2) is 0 Å². The third kappa shape index (κ3) is 3.29. The number of nitrogens with zero attached hydrogens (tertiary/aromatic N) is 3. The first-order valence-corrected chi connectivity index (χ1v) is 8.91. The van der Waals surface area contributed by atoms with Gasteiger partial charge in [0.05, 0.1) is 5.92 Å². The highest BCUT2D eigenvalue weighted by Crippen LogP contribution is 2.30. The molecule has 7 heteroatoms. The van der Waals surface area contributed by atoms with Gasteiger partial charge in [-0.05, 0) is 19.3 Å². The van der Waals surface area contributed by atoms with Gasteiger partial charge in [0.15, 0.2) is 0 Å². The van der Waals surface area contributed by atoms with Crippen molar-refractivity contribution in [2.45, 2.75) is 57.9 Å². The summed E-state index contributed by atoms with van der Waals surface area (Å²) in [6.45, 7) is 2.64. The maximum Gasteiger partial charge on any atom is 0.231 e. The molecule has 0 aromatic carbocycles. The standard InChI is InChI=1S/C15H22N4O2S/c1-2-5-12-17-18-15(22-12)16-14(21)10-8-13(20)19(9-10)11-6-3-4-7-11/h10-11H,2-9H2,1H3,(H,16,18,21)/t10-/m0/s1. The van der Waals surface area contributed by atoms with E-state index in [1.807, 2.05) is 4.90 Å². The minimum absolute atomic E-state index is 0.104. The van der Waals surface area contributed by atoms with Crippen molar-refractivity contribution in [3.8, 4) is 0 Å². The van der Waals surface area contributed by atoms with E-state index in [4.69, 9.17) is 0 Å². The number of aryl methyl sites for hydroxylation is 1. The van der Waals surface area contributed by atoms with Gasteiger partial charge >= 0.3 is 0 Å². The Hall–Kier alpha value is -1.50. The summed E-state index contributed by atoms with van der Waals surface area (Å²) in [5, 5.41) is 12.4. The Labute approximate surface area is 134 Å². The largest absolute Gasteiger partial charge is 0.339 e. The Morgan fingerprint density at radius 3 is 2.86 bits per heavy atom. The lowest BCUT2D eigenvalue weighted by atomic mass is 10.1. The monoisotopic (exact) mass is 322 g/mol. The van der Waals surface area contributed by atoms with E-state index in [9.17, 15) is 9.59 Å². The molecule has 120 valence electrons. The number of anilines is 1. The lowest BCUT2D eigenvalue weighted by molar-refractivity contribution is -0.129. The second kappa shape index (κ2) is 6.73. The molecule has 6 nitrogen and oxygen atoms in total. The van der Waals surface area contributed by atoms with Gasteiger partial charge in [-0.1, -0.05) is 31.1 Å². The van der Waals surface area contributed by atoms with Crippen LogP contribution in [0.5, 0.6) is 0 Å². The topological polar surface area (TPSA) is 75.2 Å². The van der Waals surface area contributed by atoms with E-state index in [1.165, 1.54) is 24.2 Å². The van der Waals surface area contributed by atoms with E-state index < -0.39 is 0 Å². The van der Waals surface area contributed by atoms with Gasteiger partial charge in [-0.2, -0.15) is 0 Å². The summed E-state index contributed by atoms with van der Waals surface area (Å²) in [5.74, 6) is -0.240. The number of hydrogen-bond donors (Lipinski definition) is 1. The number of carbonyl (C=O) groups is 2. The van der Waals surface area contributed by atoms with Crippen molar-refractivity contribution in [2.24, 2.45) is 5.92 Å². The van der Waals surface area contributed by atoms with Crippen molar-refractivity contribution in [2.75, 3.05) is 11.9 Å². The molecule has 1 saturated heterocycles. The summed E-state index contributed by atoms with van der Waals surface area (Å²) in [7, 11) is 0. The van der Waals surface area contributed by atoms with Gasteiger partial charge in [0, 0.05) is 25.4 Å². The van der Waals surface area contributed by atoms with Crippen molar-refractivity contribution in [1.29, 1.82) is 0 Å². The lowest BCUT2D eigenvalue weighted by Crippen LogP contribution is -2.35.